The number of rotatable bonds is 2. The number of carbonyl (C=O) groups is 2. The summed E-state index contributed by atoms with van der Waals surface area (Å²) in [6, 6.07) is -0.392. The van der Waals surface area contributed by atoms with Crippen LogP contribution in [0.5, 0.6) is 0 Å². The standard InChI is InChI=1S/C11H20N2O2/c1-7(2)13-9(14)6-8(10(13)15)12-11(3,4)5/h7-8,12H,6H2,1-5H3. The molecule has 15 heavy (non-hydrogen) atoms. The maximum atomic E-state index is 11.9. The van der Waals surface area contributed by atoms with Crippen LogP contribution in [0.25, 0.3) is 0 Å². The summed E-state index contributed by atoms with van der Waals surface area (Å²) >= 11 is 0. The molecule has 4 heteroatoms. The zero-order chi connectivity index (χ0) is 11.8. The summed E-state index contributed by atoms with van der Waals surface area (Å²) in [7, 11) is 0. The van der Waals surface area contributed by atoms with Crippen molar-refractivity contribution in [2.75, 3.05) is 0 Å². The average molecular weight is 212 g/mol. The third kappa shape index (κ3) is 2.78. The zero-order valence-corrected chi connectivity index (χ0v) is 10.1. The summed E-state index contributed by atoms with van der Waals surface area (Å²) in [6.45, 7) is 9.68. The van der Waals surface area contributed by atoms with E-state index in [0.29, 0.717) is 0 Å². The van der Waals surface area contributed by atoms with Gasteiger partial charge in [-0.05, 0) is 34.6 Å². The first-order valence-corrected chi connectivity index (χ1v) is 5.36. The Morgan fingerprint density at radius 1 is 1.33 bits per heavy atom. The Morgan fingerprint density at radius 2 is 1.87 bits per heavy atom. The predicted octanol–water partition coefficient (Wildman–Crippen LogP) is 0.910. The van der Waals surface area contributed by atoms with Gasteiger partial charge in [0.25, 0.3) is 0 Å². The molecule has 0 radical (unpaired) electrons. The number of likely N-dealkylation sites (tertiary alicyclic amines) is 1. The zero-order valence-electron chi connectivity index (χ0n) is 10.1. The van der Waals surface area contributed by atoms with Gasteiger partial charge in [-0.1, -0.05) is 0 Å². The van der Waals surface area contributed by atoms with Gasteiger partial charge in [-0.2, -0.15) is 0 Å². The highest BCUT2D eigenvalue weighted by molar-refractivity contribution is 6.05. The van der Waals surface area contributed by atoms with Crippen molar-refractivity contribution in [2.24, 2.45) is 0 Å². The highest BCUT2D eigenvalue weighted by Gasteiger charge is 2.40. The summed E-state index contributed by atoms with van der Waals surface area (Å²) in [5, 5.41) is 3.17. The number of hydrogen-bond acceptors (Lipinski definition) is 3. The molecule has 1 unspecified atom stereocenters. The Kier molecular flexibility index (Phi) is 3.19. The molecule has 1 saturated heterocycles. The largest absolute Gasteiger partial charge is 0.301 e. The maximum absolute atomic E-state index is 11.9. The second kappa shape index (κ2) is 3.93. The normalized spacial score (nSPS) is 23.1. The molecule has 1 atom stereocenters. The molecule has 0 saturated carbocycles. The van der Waals surface area contributed by atoms with Gasteiger partial charge >= 0.3 is 0 Å². The van der Waals surface area contributed by atoms with Gasteiger partial charge in [0.15, 0.2) is 0 Å². The number of hydrogen-bond donors (Lipinski definition) is 1. The van der Waals surface area contributed by atoms with E-state index in [1.165, 1.54) is 4.90 Å². The highest BCUT2D eigenvalue weighted by Crippen LogP contribution is 2.18. The van der Waals surface area contributed by atoms with Crippen LogP contribution in [-0.4, -0.2) is 34.3 Å². The molecule has 1 aliphatic rings. The van der Waals surface area contributed by atoms with Crippen molar-refractivity contribution in [3.8, 4) is 0 Å². The molecule has 0 aliphatic carbocycles. The fraction of sp³-hybridized carbons (Fsp3) is 0.818. The smallest absolute Gasteiger partial charge is 0.247 e. The quantitative estimate of drug-likeness (QED) is 0.692. The van der Waals surface area contributed by atoms with Gasteiger partial charge in [0, 0.05) is 11.6 Å². The van der Waals surface area contributed by atoms with Crippen LogP contribution in [-0.2, 0) is 9.59 Å². The summed E-state index contributed by atoms with van der Waals surface area (Å²) in [5.41, 5.74) is -0.145. The first kappa shape index (κ1) is 12.2. The molecular weight excluding hydrogens is 192 g/mol. The van der Waals surface area contributed by atoms with E-state index in [4.69, 9.17) is 0 Å². The Hall–Kier alpha value is -0.900. The van der Waals surface area contributed by atoms with Crippen molar-refractivity contribution in [3.05, 3.63) is 0 Å². The van der Waals surface area contributed by atoms with E-state index >= 15 is 0 Å². The lowest BCUT2D eigenvalue weighted by molar-refractivity contribution is -0.140. The molecule has 4 nitrogen and oxygen atoms in total. The Bertz CT molecular complexity index is 279. The van der Waals surface area contributed by atoms with Crippen molar-refractivity contribution in [1.29, 1.82) is 0 Å². The first-order valence-electron chi connectivity index (χ1n) is 5.36. The molecule has 2 amide bonds. The summed E-state index contributed by atoms with van der Waals surface area (Å²) in [6.07, 6.45) is 0.286. The van der Waals surface area contributed by atoms with Gasteiger partial charge in [-0.15, -0.1) is 0 Å². The molecule has 1 N–H and O–H groups in total. The van der Waals surface area contributed by atoms with E-state index in [9.17, 15) is 9.59 Å². The molecule has 86 valence electrons. The van der Waals surface area contributed by atoms with E-state index in [0.717, 1.165) is 0 Å². The average Bonchev–Trinajstić information content (AvgIpc) is 2.23. The van der Waals surface area contributed by atoms with Gasteiger partial charge in [0.05, 0.1) is 12.5 Å². The van der Waals surface area contributed by atoms with Crippen LogP contribution in [0.15, 0.2) is 0 Å². The summed E-state index contributed by atoms with van der Waals surface area (Å²) in [4.78, 5) is 24.8. The monoisotopic (exact) mass is 212 g/mol. The minimum absolute atomic E-state index is 0.0447. The van der Waals surface area contributed by atoms with E-state index in [2.05, 4.69) is 5.32 Å². The number of nitrogens with zero attached hydrogens (tertiary/aromatic N) is 1. The van der Waals surface area contributed by atoms with E-state index in [1.54, 1.807) is 0 Å². The van der Waals surface area contributed by atoms with Crippen LogP contribution in [0.2, 0.25) is 0 Å². The molecule has 1 heterocycles. The van der Waals surface area contributed by atoms with Crippen LogP contribution < -0.4 is 5.32 Å². The minimum Gasteiger partial charge on any atom is -0.301 e. The van der Waals surface area contributed by atoms with E-state index in [-0.39, 0.29) is 35.9 Å². The van der Waals surface area contributed by atoms with Crippen LogP contribution >= 0.6 is 0 Å². The third-order valence-electron chi connectivity index (χ3n) is 2.31. The first-order chi connectivity index (χ1) is 6.72. The van der Waals surface area contributed by atoms with Crippen LogP contribution in [0.1, 0.15) is 41.0 Å². The van der Waals surface area contributed by atoms with E-state index < -0.39 is 0 Å². The third-order valence-corrected chi connectivity index (χ3v) is 2.31. The predicted molar refractivity (Wildman–Crippen MR) is 58.3 cm³/mol. The molecule has 1 fully saturated rings. The molecule has 1 rings (SSSR count). The lowest BCUT2D eigenvalue weighted by atomic mass is 10.1. The van der Waals surface area contributed by atoms with Crippen LogP contribution in [0.3, 0.4) is 0 Å². The van der Waals surface area contributed by atoms with Gasteiger partial charge in [-0.25, -0.2) is 0 Å². The topological polar surface area (TPSA) is 49.4 Å². The lowest BCUT2D eigenvalue weighted by Gasteiger charge is -2.25. The second-order valence-electron chi connectivity index (χ2n) is 5.35. The minimum atomic E-state index is -0.347. The Labute approximate surface area is 91.0 Å². The number of carbonyl (C=O) groups excluding carboxylic acids is 2. The van der Waals surface area contributed by atoms with Crippen molar-refractivity contribution in [3.63, 3.8) is 0 Å². The number of imide groups is 1. The molecule has 0 aromatic rings. The van der Waals surface area contributed by atoms with Gasteiger partial charge < -0.3 is 5.32 Å². The van der Waals surface area contributed by atoms with Crippen molar-refractivity contribution >= 4 is 11.8 Å². The van der Waals surface area contributed by atoms with Crippen molar-refractivity contribution in [1.82, 2.24) is 10.2 Å². The molecule has 1 aliphatic heterocycles. The fourth-order valence-electron chi connectivity index (χ4n) is 1.83. The highest BCUT2D eigenvalue weighted by atomic mass is 16.2. The van der Waals surface area contributed by atoms with Gasteiger partial charge in [0.1, 0.15) is 0 Å². The lowest BCUT2D eigenvalue weighted by Crippen LogP contribution is -2.48. The fourth-order valence-corrected chi connectivity index (χ4v) is 1.83. The molecular formula is C11H20N2O2. The summed E-state index contributed by atoms with van der Waals surface area (Å²) in [5.74, 6) is -0.165. The number of amides is 2. The maximum Gasteiger partial charge on any atom is 0.247 e. The van der Waals surface area contributed by atoms with Gasteiger partial charge in [0.2, 0.25) is 11.8 Å². The summed E-state index contributed by atoms with van der Waals surface area (Å²) < 4.78 is 0. The molecule has 0 spiro atoms. The van der Waals surface area contributed by atoms with Crippen molar-refractivity contribution < 1.29 is 9.59 Å². The van der Waals surface area contributed by atoms with E-state index in [1.807, 2.05) is 34.6 Å². The second-order valence-corrected chi connectivity index (χ2v) is 5.35. The van der Waals surface area contributed by atoms with Gasteiger partial charge in [-0.3, -0.25) is 14.5 Å². The Morgan fingerprint density at radius 3 is 2.20 bits per heavy atom. The molecule has 0 aromatic heterocycles. The Balaban J connectivity index is 2.74. The van der Waals surface area contributed by atoms with Crippen LogP contribution in [0.4, 0.5) is 0 Å². The SMILES string of the molecule is CC(C)N1C(=O)CC(NC(C)(C)C)C1=O. The van der Waals surface area contributed by atoms with Crippen LogP contribution in [0, 0.1) is 0 Å². The molecule has 0 bridgehead atoms. The van der Waals surface area contributed by atoms with Crippen molar-refractivity contribution in [2.45, 2.75) is 58.7 Å². The number of nitrogens with one attached hydrogen (secondary N) is 1. The molecule has 0 aromatic carbocycles.